The van der Waals surface area contributed by atoms with Gasteiger partial charge in [-0.05, 0) is 12.5 Å². The van der Waals surface area contributed by atoms with Crippen molar-refractivity contribution < 1.29 is 19.4 Å². The molecule has 0 radical (unpaired) electrons. The van der Waals surface area contributed by atoms with Crippen molar-refractivity contribution in [2.45, 2.75) is 12.5 Å². The number of methoxy groups -OCH3 is 1. The van der Waals surface area contributed by atoms with Gasteiger partial charge in [-0.25, -0.2) is 9.59 Å². The number of carboxylic acid groups (broad SMARTS) is 1. The number of carboxylic acids is 1. The quantitative estimate of drug-likeness (QED) is 0.670. The Labute approximate surface area is 122 Å². The summed E-state index contributed by atoms with van der Waals surface area (Å²) in [7, 11) is 1.57. The SMILES string of the molecule is COCCCNC(=O)N[C@@H](C(=O)O)c1ccccc1Cl. The number of carbonyl (C=O) groups excluding carboxylic acids is 1. The second kappa shape index (κ2) is 8.39. The number of aliphatic carboxylic acids is 1. The number of ether oxygens (including phenoxy) is 1. The van der Waals surface area contributed by atoms with Crippen LogP contribution in [0.3, 0.4) is 0 Å². The van der Waals surface area contributed by atoms with E-state index < -0.39 is 18.0 Å². The summed E-state index contributed by atoms with van der Waals surface area (Å²) in [5.74, 6) is -1.18. The lowest BCUT2D eigenvalue weighted by molar-refractivity contribution is -0.139. The zero-order valence-corrected chi connectivity index (χ0v) is 11.8. The summed E-state index contributed by atoms with van der Waals surface area (Å²) >= 11 is 5.94. The summed E-state index contributed by atoms with van der Waals surface area (Å²) in [5, 5.41) is 14.4. The minimum absolute atomic E-state index is 0.291. The van der Waals surface area contributed by atoms with Crippen molar-refractivity contribution in [1.82, 2.24) is 10.6 Å². The first-order valence-corrected chi connectivity index (χ1v) is 6.44. The monoisotopic (exact) mass is 300 g/mol. The molecule has 0 aliphatic heterocycles. The molecule has 0 fully saturated rings. The minimum atomic E-state index is -1.19. The zero-order chi connectivity index (χ0) is 15.0. The molecule has 0 unspecified atom stereocenters. The number of urea groups is 1. The van der Waals surface area contributed by atoms with E-state index in [0.717, 1.165) is 0 Å². The maximum absolute atomic E-state index is 11.6. The summed E-state index contributed by atoms with van der Waals surface area (Å²) in [5.41, 5.74) is 0.341. The number of rotatable bonds is 7. The molecule has 3 N–H and O–H groups in total. The van der Waals surface area contributed by atoms with Gasteiger partial charge in [0.2, 0.25) is 0 Å². The highest BCUT2D eigenvalue weighted by atomic mass is 35.5. The van der Waals surface area contributed by atoms with Crippen LogP contribution >= 0.6 is 11.6 Å². The van der Waals surface area contributed by atoms with Crippen LogP contribution < -0.4 is 10.6 Å². The van der Waals surface area contributed by atoms with Gasteiger partial charge in [0.05, 0.1) is 0 Å². The van der Waals surface area contributed by atoms with Crippen LogP contribution in [0.25, 0.3) is 0 Å². The highest BCUT2D eigenvalue weighted by Gasteiger charge is 2.23. The van der Waals surface area contributed by atoms with Gasteiger partial charge in [-0.2, -0.15) is 0 Å². The van der Waals surface area contributed by atoms with Crippen LogP contribution in [-0.4, -0.2) is 37.4 Å². The Kier molecular flexibility index (Phi) is 6.83. The van der Waals surface area contributed by atoms with Crippen LogP contribution in [0.4, 0.5) is 4.79 Å². The Morgan fingerprint density at radius 1 is 1.40 bits per heavy atom. The third kappa shape index (κ3) is 5.07. The number of hydrogen-bond acceptors (Lipinski definition) is 3. The molecule has 110 valence electrons. The van der Waals surface area contributed by atoms with E-state index >= 15 is 0 Å². The van der Waals surface area contributed by atoms with Crippen LogP contribution in [0.1, 0.15) is 18.0 Å². The Hall–Kier alpha value is -1.79. The summed E-state index contributed by atoms with van der Waals surface area (Å²) in [4.78, 5) is 22.9. The lowest BCUT2D eigenvalue weighted by Crippen LogP contribution is -2.41. The van der Waals surface area contributed by atoms with E-state index in [0.29, 0.717) is 30.2 Å². The van der Waals surface area contributed by atoms with Crippen molar-refractivity contribution in [2.24, 2.45) is 0 Å². The summed E-state index contributed by atoms with van der Waals surface area (Å²) in [6.45, 7) is 0.918. The molecule has 0 aliphatic rings. The second-order valence-electron chi connectivity index (χ2n) is 4.04. The van der Waals surface area contributed by atoms with E-state index in [1.165, 1.54) is 0 Å². The van der Waals surface area contributed by atoms with Crippen molar-refractivity contribution in [3.8, 4) is 0 Å². The number of halogens is 1. The predicted octanol–water partition coefficient (Wildman–Crippen LogP) is 1.80. The van der Waals surface area contributed by atoms with E-state index in [9.17, 15) is 14.7 Å². The second-order valence-corrected chi connectivity index (χ2v) is 4.45. The number of hydrogen-bond donors (Lipinski definition) is 3. The largest absolute Gasteiger partial charge is 0.479 e. The lowest BCUT2D eigenvalue weighted by atomic mass is 10.1. The molecule has 0 saturated heterocycles. The number of nitrogens with one attached hydrogen (secondary N) is 2. The molecule has 20 heavy (non-hydrogen) atoms. The van der Waals surface area contributed by atoms with Gasteiger partial charge in [0.25, 0.3) is 0 Å². The van der Waals surface area contributed by atoms with Gasteiger partial charge in [-0.15, -0.1) is 0 Å². The molecule has 0 aliphatic carbocycles. The van der Waals surface area contributed by atoms with Gasteiger partial charge in [0.15, 0.2) is 6.04 Å². The van der Waals surface area contributed by atoms with Crippen LogP contribution in [-0.2, 0) is 9.53 Å². The molecule has 1 aromatic carbocycles. The van der Waals surface area contributed by atoms with E-state index in [2.05, 4.69) is 10.6 Å². The fourth-order valence-electron chi connectivity index (χ4n) is 1.58. The first-order chi connectivity index (χ1) is 9.56. The molecule has 0 heterocycles. The van der Waals surface area contributed by atoms with Crippen LogP contribution in [0, 0.1) is 0 Å². The van der Waals surface area contributed by atoms with Crippen molar-refractivity contribution >= 4 is 23.6 Å². The summed E-state index contributed by atoms with van der Waals surface area (Å²) < 4.78 is 4.84. The van der Waals surface area contributed by atoms with Gasteiger partial charge >= 0.3 is 12.0 Å². The Bertz CT molecular complexity index is 467. The smallest absolute Gasteiger partial charge is 0.331 e. The third-order valence-electron chi connectivity index (χ3n) is 2.55. The van der Waals surface area contributed by atoms with Crippen molar-refractivity contribution in [3.05, 3.63) is 34.9 Å². The maximum atomic E-state index is 11.6. The summed E-state index contributed by atoms with van der Waals surface area (Å²) in [6, 6.07) is 4.74. The highest BCUT2D eigenvalue weighted by molar-refractivity contribution is 6.31. The maximum Gasteiger partial charge on any atom is 0.331 e. The summed E-state index contributed by atoms with van der Waals surface area (Å²) in [6.07, 6.45) is 0.647. The van der Waals surface area contributed by atoms with Crippen LogP contribution in [0.15, 0.2) is 24.3 Å². The highest BCUT2D eigenvalue weighted by Crippen LogP contribution is 2.22. The third-order valence-corrected chi connectivity index (χ3v) is 2.89. The van der Waals surface area contributed by atoms with Crippen LogP contribution in [0.2, 0.25) is 5.02 Å². The molecular weight excluding hydrogens is 284 g/mol. The molecule has 2 amide bonds. The molecule has 7 heteroatoms. The molecule has 1 atom stereocenters. The van der Waals surface area contributed by atoms with E-state index in [-0.39, 0.29) is 0 Å². The molecule has 0 saturated carbocycles. The van der Waals surface area contributed by atoms with Crippen molar-refractivity contribution in [3.63, 3.8) is 0 Å². The average Bonchev–Trinajstić information content (AvgIpc) is 2.42. The Balaban J connectivity index is 2.62. The van der Waals surface area contributed by atoms with Crippen LogP contribution in [0.5, 0.6) is 0 Å². The molecule has 6 nitrogen and oxygen atoms in total. The normalized spacial score (nSPS) is 11.7. The number of carbonyl (C=O) groups is 2. The van der Waals surface area contributed by atoms with E-state index in [4.69, 9.17) is 16.3 Å². The van der Waals surface area contributed by atoms with E-state index in [1.807, 2.05) is 0 Å². The number of amides is 2. The Morgan fingerprint density at radius 2 is 2.10 bits per heavy atom. The van der Waals surface area contributed by atoms with Gasteiger partial charge in [0.1, 0.15) is 0 Å². The molecule has 0 aromatic heterocycles. The lowest BCUT2D eigenvalue weighted by Gasteiger charge is -2.16. The van der Waals surface area contributed by atoms with Crippen molar-refractivity contribution in [1.29, 1.82) is 0 Å². The van der Waals surface area contributed by atoms with Crippen molar-refractivity contribution in [2.75, 3.05) is 20.3 Å². The average molecular weight is 301 g/mol. The Morgan fingerprint density at radius 3 is 2.70 bits per heavy atom. The minimum Gasteiger partial charge on any atom is -0.479 e. The van der Waals surface area contributed by atoms with Gasteiger partial charge in [-0.3, -0.25) is 0 Å². The standard InChI is InChI=1S/C13H17ClN2O4/c1-20-8-4-7-15-13(19)16-11(12(17)18)9-5-2-3-6-10(9)14/h2-3,5-6,11H,4,7-8H2,1H3,(H,17,18)(H2,15,16,19)/t11-/m1/s1. The first-order valence-electron chi connectivity index (χ1n) is 6.06. The molecule has 1 aromatic rings. The zero-order valence-electron chi connectivity index (χ0n) is 11.1. The topological polar surface area (TPSA) is 87.7 Å². The van der Waals surface area contributed by atoms with Gasteiger partial charge in [0, 0.05) is 30.8 Å². The van der Waals surface area contributed by atoms with E-state index in [1.54, 1.807) is 31.4 Å². The van der Waals surface area contributed by atoms with Gasteiger partial charge in [-0.1, -0.05) is 29.8 Å². The molecule has 0 spiro atoms. The fraction of sp³-hybridized carbons (Fsp3) is 0.385. The van der Waals surface area contributed by atoms with Gasteiger partial charge < -0.3 is 20.5 Å². The molecule has 1 rings (SSSR count). The molecule has 0 bridgehead atoms. The fourth-order valence-corrected chi connectivity index (χ4v) is 1.83. The predicted molar refractivity (Wildman–Crippen MR) is 74.9 cm³/mol. The first kappa shape index (κ1) is 16.3. The number of benzene rings is 1. The molecular formula is C13H17ClN2O4.